The summed E-state index contributed by atoms with van der Waals surface area (Å²) in [5.41, 5.74) is 0.367. The van der Waals surface area contributed by atoms with Gasteiger partial charge in [-0.15, -0.1) is 0 Å². The molecule has 2 unspecified atom stereocenters. The number of carbonyl (C=O) groups is 2. The molecule has 0 spiro atoms. The molecule has 0 saturated carbocycles. The standard InChI is InChI=1S/C25H22N2O6/c1-17-15-27(24(31)26-22(17)29)21-11-12-25(33-21,13-14-28)16-32-23(30)20-9-7-19(8-10-20)18-5-3-2-4-6-18/h2-12,14-15,21H,13,16H2,1H3,(H,26,29,31). The minimum absolute atomic E-state index is 0.0721. The van der Waals surface area contributed by atoms with E-state index in [1.807, 2.05) is 42.5 Å². The van der Waals surface area contributed by atoms with Crippen molar-refractivity contribution in [3.63, 3.8) is 0 Å². The highest BCUT2D eigenvalue weighted by Gasteiger charge is 2.38. The number of hydrogen-bond acceptors (Lipinski definition) is 6. The van der Waals surface area contributed by atoms with Crippen LogP contribution in [-0.4, -0.2) is 34.0 Å². The second-order valence-electron chi connectivity index (χ2n) is 7.80. The fourth-order valence-corrected chi connectivity index (χ4v) is 3.60. The van der Waals surface area contributed by atoms with Gasteiger partial charge in [-0.05, 0) is 42.3 Å². The van der Waals surface area contributed by atoms with Crippen LogP contribution in [0.2, 0.25) is 0 Å². The number of aryl methyl sites for hydroxylation is 1. The number of ether oxygens (including phenoxy) is 2. The molecule has 2 atom stereocenters. The largest absolute Gasteiger partial charge is 0.459 e. The third kappa shape index (κ3) is 4.75. The maximum Gasteiger partial charge on any atom is 0.338 e. The first-order valence-electron chi connectivity index (χ1n) is 10.4. The van der Waals surface area contributed by atoms with Crippen molar-refractivity contribution in [3.05, 3.63) is 105 Å². The Morgan fingerprint density at radius 1 is 1.12 bits per heavy atom. The normalized spacial score (nSPS) is 19.4. The summed E-state index contributed by atoms with van der Waals surface area (Å²) in [6, 6.07) is 16.8. The zero-order valence-corrected chi connectivity index (χ0v) is 17.9. The van der Waals surface area contributed by atoms with E-state index in [0.29, 0.717) is 17.4 Å². The molecule has 1 N–H and O–H groups in total. The van der Waals surface area contributed by atoms with Crippen molar-refractivity contribution in [2.75, 3.05) is 6.61 Å². The predicted octanol–water partition coefficient (Wildman–Crippen LogP) is 2.78. The van der Waals surface area contributed by atoms with Crippen LogP contribution in [0.5, 0.6) is 0 Å². The second-order valence-corrected chi connectivity index (χ2v) is 7.80. The SMILES string of the molecule is Cc1cn(C2C=CC(CC=O)(COC(=O)c3ccc(-c4ccccc4)cc3)O2)c(=O)[nH]c1=O. The lowest BCUT2D eigenvalue weighted by molar-refractivity contribution is -0.121. The lowest BCUT2D eigenvalue weighted by Crippen LogP contribution is -2.39. The number of aromatic nitrogens is 2. The highest BCUT2D eigenvalue weighted by atomic mass is 16.6. The number of aldehydes is 1. The van der Waals surface area contributed by atoms with E-state index in [0.717, 1.165) is 11.1 Å². The van der Waals surface area contributed by atoms with Crippen molar-refractivity contribution in [3.8, 4) is 11.1 Å². The Bertz CT molecular complexity index is 1310. The number of H-pyrrole nitrogens is 1. The smallest absolute Gasteiger partial charge is 0.338 e. The molecule has 1 aliphatic rings. The number of rotatable bonds is 7. The van der Waals surface area contributed by atoms with Crippen molar-refractivity contribution in [1.82, 2.24) is 9.55 Å². The van der Waals surface area contributed by atoms with Crippen LogP contribution < -0.4 is 11.2 Å². The summed E-state index contributed by atoms with van der Waals surface area (Å²) in [7, 11) is 0. The number of carbonyl (C=O) groups excluding carboxylic acids is 2. The van der Waals surface area contributed by atoms with E-state index >= 15 is 0 Å². The zero-order chi connectivity index (χ0) is 23.4. The number of nitrogens with zero attached hydrogens (tertiary/aromatic N) is 1. The molecule has 4 rings (SSSR count). The summed E-state index contributed by atoms with van der Waals surface area (Å²) in [4.78, 5) is 49.9. The topological polar surface area (TPSA) is 107 Å². The molecule has 2 heterocycles. The Morgan fingerprint density at radius 3 is 2.52 bits per heavy atom. The molecule has 2 aromatic carbocycles. The van der Waals surface area contributed by atoms with E-state index < -0.39 is 29.0 Å². The van der Waals surface area contributed by atoms with Crippen LogP contribution in [0.4, 0.5) is 0 Å². The molecule has 0 bridgehead atoms. The molecule has 0 aliphatic carbocycles. The summed E-state index contributed by atoms with van der Waals surface area (Å²) < 4.78 is 12.6. The van der Waals surface area contributed by atoms with E-state index in [-0.39, 0.29) is 13.0 Å². The van der Waals surface area contributed by atoms with Crippen LogP contribution in [0.25, 0.3) is 11.1 Å². The van der Waals surface area contributed by atoms with Gasteiger partial charge in [0, 0.05) is 18.2 Å². The van der Waals surface area contributed by atoms with Crippen molar-refractivity contribution >= 4 is 12.3 Å². The van der Waals surface area contributed by atoms with Crippen LogP contribution in [0.3, 0.4) is 0 Å². The number of benzene rings is 2. The number of esters is 1. The lowest BCUT2D eigenvalue weighted by Gasteiger charge is -2.27. The predicted molar refractivity (Wildman–Crippen MR) is 121 cm³/mol. The fraction of sp³-hybridized carbons (Fsp3) is 0.200. The van der Waals surface area contributed by atoms with Gasteiger partial charge in [0.1, 0.15) is 18.5 Å². The van der Waals surface area contributed by atoms with E-state index in [1.54, 1.807) is 31.2 Å². The minimum atomic E-state index is -1.21. The van der Waals surface area contributed by atoms with Gasteiger partial charge in [-0.2, -0.15) is 0 Å². The van der Waals surface area contributed by atoms with E-state index in [9.17, 15) is 19.2 Å². The van der Waals surface area contributed by atoms with Crippen molar-refractivity contribution < 1.29 is 19.1 Å². The third-order valence-electron chi connectivity index (χ3n) is 5.44. The molecule has 168 valence electrons. The van der Waals surface area contributed by atoms with E-state index in [2.05, 4.69) is 4.98 Å². The summed E-state index contributed by atoms with van der Waals surface area (Å²) in [5.74, 6) is -0.558. The number of aromatic amines is 1. The molecule has 1 aliphatic heterocycles. The highest BCUT2D eigenvalue weighted by molar-refractivity contribution is 5.90. The summed E-state index contributed by atoms with van der Waals surface area (Å²) in [6.45, 7) is 1.35. The molecular weight excluding hydrogens is 424 g/mol. The van der Waals surface area contributed by atoms with Crippen LogP contribution in [0, 0.1) is 6.92 Å². The molecule has 0 radical (unpaired) electrons. The maximum atomic E-state index is 12.6. The van der Waals surface area contributed by atoms with Crippen LogP contribution >= 0.6 is 0 Å². The van der Waals surface area contributed by atoms with Gasteiger partial charge in [0.15, 0.2) is 6.23 Å². The Balaban J connectivity index is 1.46. The molecule has 1 aromatic heterocycles. The minimum Gasteiger partial charge on any atom is -0.459 e. The summed E-state index contributed by atoms with van der Waals surface area (Å²) >= 11 is 0. The fourth-order valence-electron chi connectivity index (χ4n) is 3.60. The Kier molecular flexibility index (Phi) is 6.19. The second kappa shape index (κ2) is 9.22. The molecule has 0 amide bonds. The zero-order valence-electron chi connectivity index (χ0n) is 17.9. The number of hydrogen-bond donors (Lipinski definition) is 1. The van der Waals surface area contributed by atoms with Gasteiger partial charge < -0.3 is 14.3 Å². The van der Waals surface area contributed by atoms with Gasteiger partial charge in [0.25, 0.3) is 5.56 Å². The molecule has 0 saturated heterocycles. The van der Waals surface area contributed by atoms with Crippen LogP contribution in [0.1, 0.15) is 28.6 Å². The quantitative estimate of drug-likeness (QED) is 0.340. The molecule has 3 aromatic rings. The molecule has 0 fully saturated rings. The first kappa shape index (κ1) is 22.2. The van der Waals surface area contributed by atoms with E-state index in [4.69, 9.17) is 9.47 Å². The molecule has 8 nitrogen and oxygen atoms in total. The first-order chi connectivity index (χ1) is 15.9. The van der Waals surface area contributed by atoms with Gasteiger partial charge >= 0.3 is 11.7 Å². The van der Waals surface area contributed by atoms with Crippen LogP contribution in [-0.2, 0) is 14.3 Å². The highest BCUT2D eigenvalue weighted by Crippen LogP contribution is 2.32. The average molecular weight is 446 g/mol. The van der Waals surface area contributed by atoms with Gasteiger partial charge in [-0.3, -0.25) is 14.3 Å². The maximum absolute atomic E-state index is 12.6. The van der Waals surface area contributed by atoms with E-state index in [1.165, 1.54) is 10.8 Å². The van der Waals surface area contributed by atoms with Gasteiger partial charge in [-0.25, -0.2) is 9.59 Å². The lowest BCUT2D eigenvalue weighted by atomic mass is 10.0. The summed E-state index contributed by atoms with van der Waals surface area (Å²) in [6.07, 6.45) is 4.31. The summed E-state index contributed by atoms with van der Waals surface area (Å²) in [5, 5.41) is 0. The molecular formula is C25H22N2O6. The van der Waals surface area contributed by atoms with Crippen molar-refractivity contribution in [1.29, 1.82) is 0 Å². The Morgan fingerprint density at radius 2 is 1.82 bits per heavy atom. The van der Waals surface area contributed by atoms with Gasteiger partial charge in [0.2, 0.25) is 0 Å². The molecule has 33 heavy (non-hydrogen) atoms. The van der Waals surface area contributed by atoms with Crippen molar-refractivity contribution in [2.45, 2.75) is 25.2 Å². The van der Waals surface area contributed by atoms with Crippen LogP contribution in [0.15, 0.2) is 82.5 Å². The monoisotopic (exact) mass is 446 g/mol. The average Bonchev–Trinajstić information content (AvgIpc) is 3.25. The molecule has 8 heteroatoms. The first-order valence-corrected chi connectivity index (χ1v) is 10.4. The Hall–Kier alpha value is -4.04. The number of nitrogens with one attached hydrogen (secondary N) is 1. The Labute approximate surface area is 189 Å². The van der Waals surface area contributed by atoms with Gasteiger partial charge in [0.05, 0.1) is 5.56 Å². The third-order valence-corrected chi connectivity index (χ3v) is 5.44. The van der Waals surface area contributed by atoms with Crippen molar-refractivity contribution in [2.24, 2.45) is 0 Å². The van der Waals surface area contributed by atoms with Gasteiger partial charge in [-0.1, -0.05) is 42.5 Å².